The van der Waals surface area contributed by atoms with E-state index in [1.54, 1.807) is 30.5 Å². The van der Waals surface area contributed by atoms with Crippen molar-refractivity contribution >= 4 is 12.2 Å². The van der Waals surface area contributed by atoms with E-state index in [2.05, 4.69) is 10.1 Å². The van der Waals surface area contributed by atoms with Gasteiger partial charge in [0.15, 0.2) is 0 Å². The van der Waals surface area contributed by atoms with Gasteiger partial charge in [0.2, 0.25) is 0 Å². The van der Waals surface area contributed by atoms with Crippen LogP contribution >= 0.6 is 0 Å². The maximum atomic E-state index is 10.7. The van der Waals surface area contributed by atoms with E-state index in [0.29, 0.717) is 5.56 Å². The number of hydrogen-bond donors (Lipinski definition) is 1. The number of hydrogen-bond acceptors (Lipinski definition) is 3. The number of piperidine rings is 1. The molecule has 1 aromatic rings. The first-order valence-electron chi connectivity index (χ1n) is 5.88. The predicted octanol–water partition coefficient (Wildman–Crippen LogP) is 2.20. The molecule has 0 radical (unpaired) electrons. The summed E-state index contributed by atoms with van der Waals surface area (Å²) in [4.78, 5) is 10.7. The van der Waals surface area contributed by atoms with E-state index < -0.39 is 5.97 Å². The number of aromatic carboxylic acids is 1. The van der Waals surface area contributed by atoms with Crippen LogP contribution in [0, 0.1) is 0 Å². The monoisotopic (exact) mass is 232 g/mol. The number of hydrazone groups is 1. The lowest BCUT2D eigenvalue weighted by atomic mass is 10.1. The van der Waals surface area contributed by atoms with Gasteiger partial charge in [-0.3, -0.25) is 5.01 Å². The molecular formula is C13H16N2O2. The van der Waals surface area contributed by atoms with Crippen LogP contribution in [0.1, 0.15) is 35.2 Å². The molecule has 1 heterocycles. The van der Waals surface area contributed by atoms with Crippen LogP contribution < -0.4 is 0 Å². The number of rotatable bonds is 3. The van der Waals surface area contributed by atoms with Gasteiger partial charge in [-0.1, -0.05) is 12.1 Å². The Morgan fingerprint density at radius 2 is 1.82 bits per heavy atom. The molecule has 17 heavy (non-hydrogen) atoms. The van der Waals surface area contributed by atoms with Crippen LogP contribution in [0.15, 0.2) is 29.4 Å². The van der Waals surface area contributed by atoms with Gasteiger partial charge in [-0.05, 0) is 37.0 Å². The minimum Gasteiger partial charge on any atom is -0.478 e. The Bertz CT molecular complexity index is 406. The first-order chi connectivity index (χ1) is 8.25. The van der Waals surface area contributed by atoms with E-state index >= 15 is 0 Å². The van der Waals surface area contributed by atoms with Crippen molar-refractivity contribution in [3.63, 3.8) is 0 Å². The Labute approximate surface area is 101 Å². The smallest absolute Gasteiger partial charge is 0.335 e. The Balaban J connectivity index is 1.98. The van der Waals surface area contributed by atoms with Crippen LogP contribution in [0.25, 0.3) is 0 Å². The van der Waals surface area contributed by atoms with Gasteiger partial charge in [-0.15, -0.1) is 0 Å². The molecule has 4 heteroatoms. The standard InChI is InChI=1S/C13H16N2O2/c16-13(17)12-6-4-11(5-7-12)10-14-15-8-2-1-3-9-15/h4-7,10H,1-3,8-9H2,(H,16,17)/b14-10-. The van der Waals surface area contributed by atoms with E-state index in [4.69, 9.17) is 5.11 Å². The third-order valence-corrected chi connectivity index (χ3v) is 2.86. The molecule has 2 rings (SSSR count). The van der Waals surface area contributed by atoms with Crippen molar-refractivity contribution in [3.8, 4) is 0 Å². The third-order valence-electron chi connectivity index (χ3n) is 2.86. The second-order valence-corrected chi connectivity index (χ2v) is 4.19. The molecule has 90 valence electrons. The highest BCUT2D eigenvalue weighted by atomic mass is 16.4. The second-order valence-electron chi connectivity index (χ2n) is 4.19. The van der Waals surface area contributed by atoms with Crippen molar-refractivity contribution in [1.82, 2.24) is 5.01 Å². The van der Waals surface area contributed by atoms with Crippen LogP contribution in [-0.4, -0.2) is 35.4 Å². The van der Waals surface area contributed by atoms with Crippen LogP contribution in [0.5, 0.6) is 0 Å². The van der Waals surface area contributed by atoms with Crippen LogP contribution in [0.3, 0.4) is 0 Å². The summed E-state index contributed by atoms with van der Waals surface area (Å²) in [6.07, 6.45) is 5.49. The van der Waals surface area contributed by atoms with E-state index in [-0.39, 0.29) is 0 Å². The van der Waals surface area contributed by atoms with Crippen LogP contribution in [-0.2, 0) is 0 Å². The Hall–Kier alpha value is -1.84. The summed E-state index contributed by atoms with van der Waals surface area (Å²) in [6.45, 7) is 2.04. The van der Waals surface area contributed by atoms with Gasteiger partial charge in [0.25, 0.3) is 0 Å². The molecule has 0 bridgehead atoms. The molecule has 1 aliphatic heterocycles. The largest absolute Gasteiger partial charge is 0.478 e. The Morgan fingerprint density at radius 1 is 1.18 bits per heavy atom. The number of carboxylic acids is 1. The summed E-state index contributed by atoms with van der Waals surface area (Å²) in [5, 5.41) is 15.2. The maximum Gasteiger partial charge on any atom is 0.335 e. The molecule has 4 nitrogen and oxygen atoms in total. The van der Waals surface area contributed by atoms with Gasteiger partial charge in [0, 0.05) is 13.1 Å². The molecule has 0 unspecified atom stereocenters. The van der Waals surface area contributed by atoms with Crippen molar-refractivity contribution in [2.45, 2.75) is 19.3 Å². The number of carbonyl (C=O) groups is 1. The van der Waals surface area contributed by atoms with Gasteiger partial charge < -0.3 is 5.11 Å². The second kappa shape index (κ2) is 5.48. The lowest BCUT2D eigenvalue weighted by molar-refractivity contribution is 0.0697. The normalized spacial score (nSPS) is 16.4. The summed E-state index contributed by atoms with van der Waals surface area (Å²) in [7, 11) is 0. The number of benzene rings is 1. The van der Waals surface area contributed by atoms with Crippen molar-refractivity contribution in [2.75, 3.05) is 13.1 Å². The summed E-state index contributed by atoms with van der Waals surface area (Å²) >= 11 is 0. The summed E-state index contributed by atoms with van der Waals surface area (Å²) in [5.74, 6) is -0.899. The molecule has 0 amide bonds. The SMILES string of the molecule is O=C(O)c1ccc(/C=N\N2CCCCC2)cc1. The molecule has 1 aromatic carbocycles. The summed E-state index contributed by atoms with van der Waals surface area (Å²) in [5.41, 5.74) is 1.24. The number of nitrogens with zero attached hydrogens (tertiary/aromatic N) is 2. The molecule has 1 saturated heterocycles. The lowest BCUT2D eigenvalue weighted by Gasteiger charge is -2.23. The van der Waals surface area contributed by atoms with Crippen LogP contribution in [0.4, 0.5) is 0 Å². The Kier molecular flexibility index (Phi) is 3.75. The van der Waals surface area contributed by atoms with Gasteiger partial charge in [-0.25, -0.2) is 4.79 Å². The topological polar surface area (TPSA) is 52.9 Å². The third kappa shape index (κ3) is 3.31. The lowest BCUT2D eigenvalue weighted by Crippen LogP contribution is -2.24. The fourth-order valence-corrected chi connectivity index (χ4v) is 1.85. The first-order valence-corrected chi connectivity index (χ1v) is 5.88. The van der Waals surface area contributed by atoms with E-state index in [9.17, 15) is 4.79 Å². The zero-order chi connectivity index (χ0) is 12.1. The average molecular weight is 232 g/mol. The van der Waals surface area contributed by atoms with Crippen molar-refractivity contribution in [2.24, 2.45) is 5.10 Å². The average Bonchev–Trinajstić information content (AvgIpc) is 2.38. The molecule has 0 aliphatic carbocycles. The van der Waals surface area contributed by atoms with E-state index in [0.717, 1.165) is 18.7 Å². The van der Waals surface area contributed by atoms with Gasteiger partial charge in [0.1, 0.15) is 0 Å². The fourth-order valence-electron chi connectivity index (χ4n) is 1.85. The minimum atomic E-state index is -0.899. The number of carboxylic acid groups (broad SMARTS) is 1. The summed E-state index contributed by atoms with van der Waals surface area (Å²) in [6, 6.07) is 6.74. The highest BCUT2D eigenvalue weighted by molar-refractivity contribution is 5.89. The minimum absolute atomic E-state index is 0.306. The zero-order valence-electron chi connectivity index (χ0n) is 9.67. The molecule has 0 spiro atoms. The zero-order valence-corrected chi connectivity index (χ0v) is 9.67. The van der Waals surface area contributed by atoms with Gasteiger partial charge in [0.05, 0.1) is 11.8 Å². The fraction of sp³-hybridized carbons (Fsp3) is 0.385. The molecule has 0 saturated carbocycles. The maximum absolute atomic E-state index is 10.7. The van der Waals surface area contributed by atoms with Gasteiger partial charge >= 0.3 is 5.97 Å². The molecule has 0 atom stereocenters. The molecule has 0 aromatic heterocycles. The molecule has 1 N–H and O–H groups in total. The Morgan fingerprint density at radius 3 is 2.41 bits per heavy atom. The predicted molar refractivity (Wildman–Crippen MR) is 66.4 cm³/mol. The summed E-state index contributed by atoms with van der Waals surface area (Å²) < 4.78 is 0. The molecule has 1 fully saturated rings. The van der Waals surface area contributed by atoms with Crippen LogP contribution in [0.2, 0.25) is 0 Å². The molecule has 1 aliphatic rings. The molecular weight excluding hydrogens is 216 g/mol. The highest BCUT2D eigenvalue weighted by Gasteiger charge is 2.06. The highest BCUT2D eigenvalue weighted by Crippen LogP contribution is 2.09. The van der Waals surface area contributed by atoms with E-state index in [1.165, 1.54) is 19.3 Å². The quantitative estimate of drug-likeness (QED) is 0.813. The van der Waals surface area contributed by atoms with Crippen molar-refractivity contribution in [1.29, 1.82) is 0 Å². The van der Waals surface area contributed by atoms with Crippen molar-refractivity contribution < 1.29 is 9.90 Å². The van der Waals surface area contributed by atoms with Crippen molar-refractivity contribution in [3.05, 3.63) is 35.4 Å². The van der Waals surface area contributed by atoms with Gasteiger partial charge in [-0.2, -0.15) is 5.10 Å². The first kappa shape index (κ1) is 11.6. The van der Waals surface area contributed by atoms with E-state index in [1.807, 2.05) is 0 Å².